The summed E-state index contributed by atoms with van der Waals surface area (Å²) in [6.07, 6.45) is -15.1. The summed E-state index contributed by atoms with van der Waals surface area (Å²) in [5.74, 6) is -1.35. The van der Waals surface area contributed by atoms with Gasteiger partial charge in [-0.2, -0.15) is 19.6 Å². The number of nitrogens with zero attached hydrogens (tertiary/aromatic N) is 19. The number of aromatic nitrogens is 19. The number of aliphatic hydroxyl groups is 1. The first-order valence-corrected chi connectivity index (χ1v) is 53.3. The van der Waals surface area contributed by atoms with Crippen molar-refractivity contribution in [3.63, 3.8) is 0 Å². The number of alkyl halides is 2. The second kappa shape index (κ2) is 36.0. The number of carbonyl (C=O) groups is 3. The minimum atomic E-state index is -4.88. The van der Waals surface area contributed by atoms with Crippen LogP contribution in [0.3, 0.4) is 0 Å². The Bertz CT molecular complexity index is 6120. The number of imidazole rings is 5. The molecule has 708 valence electrons. The third-order valence-corrected chi connectivity index (χ3v) is 31.6. The summed E-state index contributed by atoms with van der Waals surface area (Å²) in [5.41, 5.74) is 15.5. The molecule has 9 fully saturated rings. The number of aliphatic imine (C=N–C) groups is 3. The highest BCUT2D eigenvalue weighted by Crippen LogP contribution is 2.62. The maximum atomic E-state index is 16.0. The number of phosphoric acid groups is 2. The van der Waals surface area contributed by atoms with E-state index in [1.54, 1.807) is 0 Å². The first kappa shape index (κ1) is 93.3. The van der Waals surface area contributed by atoms with Gasteiger partial charge in [-0.25, -0.2) is 62.4 Å². The van der Waals surface area contributed by atoms with Crippen LogP contribution in [0.1, 0.15) is 107 Å². The summed E-state index contributed by atoms with van der Waals surface area (Å²) >= 11 is 20.9. The lowest BCUT2D eigenvalue weighted by atomic mass is 10.1. The molecule has 0 amide bonds. The van der Waals surface area contributed by atoms with Crippen LogP contribution in [0.15, 0.2) is 61.0 Å². The van der Waals surface area contributed by atoms with Crippen LogP contribution >= 0.6 is 66.6 Å². The average molecular weight is 2060 g/mol. The number of aliphatic hydroxyl groups excluding tert-OH is 1. The molecule has 0 saturated carbocycles. The van der Waals surface area contributed by atoms with Gasteiger partial charge in [0.25, 0.3) is 16.7 Å². The molecule has 27 atom stereocenters. The van der Waals surface area contributed by atoms with Crippen molar-refractivity contribution in [2.24, 2.45) is 15.0 Å². The molecule has 132 heavy (non-hydrogen) atoms. The molecular formula is C62H69F2N25O32P6S5. The van der Waals surface area contributed by atoms with Crippen molar-refractivity contribution in [2.75, 3.05) is 56.8 Å². The average Bonchev–Trinajstić information content (AvgIpc) is 1.62. The highest BCUT2D eigenvalue weighted by atomic mass is 32.7. The molecule has 0 aromatic carbocycles. The fourth-order valence-electron chi connectivity index (χ4n) is 16.0. The first-order chi connectivity index (χ1) is 62.7. The number of ether oxygens (including phenoxy) is 5. The number of anilines is 3. The lowest BCUT2D eigenvalue weighted by Crippen LogP contribution is -2.36. The predicted molar refractivity (Wildman–Crippen MR) is 454 cm³/mol. The zero-order chi connectivity index (χ0) is 92.9. The fraction of sp³-hybridized carbons (Fsp3) is 0.532. The molecule has 12 aliphatic rings. The minimum Gasteiger partial charge on any atom is -0.386 e. The summed E-state index contributed by atoms with van der Waals surface area (Å²) in [6, 6.07) is 0. The molecule has 57 nitrogen and oxygen atoms in total. The van der Waals surface area contributed by atoms with E-state index in [1.807, 2.05) is 0 Å². The first-order valence-electron chi connectivity index (χ1n) is 38.9. The molecule has 21 rings (SSSR count). The van der Waals surface area contributed by atoms with Crippen LogP contribution < -0.4 is 33.9 Å². The SMILES string of the molecule is Nc1nc2c(ncn2[C@@H]2O[C@@H]3COP(O)(=S)O[C@H]4[C@H](F)[C@H](n5cnc6c5N=CCC6=O)O[C@@H]4COP(=O)(S)O[C@@H]2C3)c(=O)[nH]1.Nc1nc2c(ncn2[C@@H]2O[C@@H]3COP(O)(=S)O[C@H]4[C@H](F)[C@H](n5nnc6c5N=CCC6=O)O[C@@H]4COP(O)(=S)O[C@@H]2C3)c(=O)[nH]1.Nc1nc2c(ncn2[C@@H]2S[C@@H]3COP(=O)(O)O[C@H]4[C@@H](O)[C@H](n5cnc6c5N=CCC6=O)O[C@@H]4COP(=O)(O)O[C@@H]2C3)c(=O)[nH]1. The lowest BCUT2D eigenvalue weighted by molar-refractivity contribution is -0.0619. The molecule has 9 aromatic rings. The second-order valence-corrected chi connectivity index (χ2v) is 45.9. The Morgan fingerprint density at radius 1 is 0.447 bits per heavy atom. The number of nitrogens with two attached hydrogens (primary N) is 3. The van der Waals surface area contributed by atoms with Crippen molar-refractivity contribution < 1.29 is 144 Å². The van der Waals surface area contributed by atoms with E-state index in [9.17, 15) is 72.0 Å². The number of ketones is 3. The van der Waals surface area contributed by atoms with Gasteiger partial charge in [-0.3, -0.25) is 103 Å². The molecule has 0 spiro atoms. The number of hydrogen-bond donors (Lipinski definition) is 13. The van der Waals surface area contributed by atoms with Crippen LogP contribution in [-0.4, -0.2) is 289 Å². The van der Waals surface area contributed by atoms with Gasteiger partial charge in [0.1, 0.15) is 66.4 Å². The number of fused-ring (bicyclic) bond motifs is 15. The highest BCUT2D eigenvalue weighted by molar-refractivity contribution is 8.44. The van der Waals surface area contributed by atoms with Gasteiger partial charge in [-0.15, -0.1) is 16.9 Å². The molecule has 0 radical (unpaired) electrons. The quantitative estimate of drug-likeness (QED) is 0.0832. The Kier molecular flexibility index (Phi) is 25.5. The standard InChI is InChI=1S/C21H23FN8O10P2S2.C21H24N8O12P2S.C20H22FN9O10P2S2/c22-12-15-11(38-20(12)29-6-25-13-9(31)1-2-24-16(13)29)5-36-41(33,43)39-10-3-8(4-35-42(34,44)40-15)37-19(10)30-7-26-14-17(30)27-21(23)28-18(14)32;22-21-26-17-13(18(32)27-21)25-7-29(17)20-10-3-8(44-20)4-37-43(35,36)41-15-11(5-38-42(33,34)40-10)39-19(14(15)31)28-6-24-12-9(30)1-2-23-16(12)28;21-11-14-10(38-19(11)30-15-12(27-28-30)8(31)1-2-23-15)5-36-41(33,43)39-9-3-7(4-35-42(34,44)40-14)37-18(9)29-6-24-13-16(29)25-20(22)26-17(13)32/h2,6-8,10-12,15,19-20H,1,3-5H2,(H,33,43)(H,34,44)(H3,23,27,28,32);2,6-8,10-11,14-15,19-20,31H,1,3-5H2,(H,33,34)(H,35,36)(H3,22,26,27,32);2,6-7,9-11,14,18-19H,1,3-5H2,(H,33,43)(H,34,44)(H3,22,25,26,32)/t8-,10+,11+,12-,15+,19+,20+,41?,42?;8-,10+,11+,14+,15+,19+,20+;7-,9+,10+,11-,14+,18+,19+,41?,42?/m000/s1. The maximum absolute atomic E-state index is 16.0. The van der Waals surface area contributed by atoms with Crippen molar-refractivity contribution in [3.05, 3.63) is 79.8 Å². The molecule has 6 unspecified atom stereocenters. The third-order valence-electron chi connectivity index (χ3n) is 21.8. The van der Waals surface area contributed by atoms with Crippen molar-refractivity contribution in [1.82, 2.24) is 92.7 Å². The van der Waals surface area contributed by atoms with E-state index in [2.05, 4.69) is 92.4 Å². The van der Waals surface area contributed by atoms with Crippen molar-refractivity contribution in [2.45, 2.75) is 166 Å². The second-order valence-electron chi connectivity index (χ2n) is 30.5. The Balaban J connectivity index is 0.000000128. The predicted octanol–water partition coefficient (Wildman–Crippen LogP) is 1.71. The number of H-pyrrole nitrogens is 3. The molecule has 6 bridgehead atoms. The van der Waals surface area contributed by atoms with Crippen molar-refractivity contribution >= 4 is 207 Å². The molecule has 12 aliphatic heterocycles. The number of thiol groups is 1. The Labute approximate surface area is 757 Å². The molecule has 15 N–H and O–H groups in total. The number of hydrogen-bond acceptors (Lipinski definition) is 47. The van der Waals surface area contributed by atoms with Gasteiger partial charge < -0.3 is 88.6 Å². The Morgan fingerprint density at radius 3 is 1.42 bits per heavy atom. The Hall–Kier alpha value is -7.69. The summed E-state index contributed by atoms with van der Waals surface area (Å²) in [6.45, 7) is -19.6. The van der Waals surface area contributed by atoms with Gasteiger partial charge in [0.15, 0.2) is 129 Å². The minimum absolute atomic E-state index is 0.0108. The third kappa shape index (κ3) is 18.7. The van der Waals surface area contributed by atoms with Crippen LogP contribution in [0.2, 0.25) is 0 Å². The number of aromatic amines is 3. The number of carbonyl (C=O) groups excluding carboxylic acids is 3. The lowest BCUT2D eigenvalue weighted by Gasteiger charge is -2.27. The fourth-order valence-corrected chi connectivity index (χ4v) is 25.5. The van der Waals surface area contributed by atoms with E-state index in [0.717, 1.165) is 16.4 Å². The largest absolute Gasteiger partial charge is 0.472 e. The number of phosphoric ester groups is 2. The molecule has 70 heteroatoms. The van der Waals surface area contributed by atoms with Crippen molar-refractivity contribution in [3.8, 4) is 0 Å². The van der Waals surface area contributed by atoms with Gasteiger partial charge in [-0.1, -0.05) is 17.5 Å². The molecule has 9 aromatic heterocycles. The monoisotopic (exact) mass is 2060 g/mol. The van der Waals surface area contributed by atoms with E-state index >= 15 is 8.78 Å². The van der Waals surface area contributed by atoms with Crippen LogP contribution in [0.5, 0.6) is 0 Å². The molecule has 0 aliphatic carbocycles. The maximum Gasteiger partial charge on any atom is 0.472 e. The Morgan fingerprint density at radius 2 is 0.871 bits per heavy atom. The van der Waals surface area contributed by atoms with Crippen LogP contribution in [0.4, 0.5) is 44.1 Å². The van der Waals surface area contributed by atoms with E-state index < -0.39 is 206 Å². The van der Waals surface area contributed by atoms with Crippen LogP contribution in [0.25, 0.3) is 33.5 Å². The zero-order valence-corrected chi connectivity index (χ0v) is 75.8. The molecule has 9 saturated heterocycles. The van der Waals surface area contributed by atoms with Gasteiger partial charge in [-0.05, 0) is 41.8 Å². The zero-order valence-electron chi connectivity index (χ0n) is 66.3. The van der Waals surface area contributed by atoms with Crippen LogP contribution in [0, 0.1) is 0 Å². The number of thioether (sulfide) groups is 1. The van der Waals surface area contributed by atoms with Gasteiger partial charge >= 0.3 is 42.6 Å². The smallest absolute Gasteiger partial charge is 0.386 e. The number of rotatable bonds is 6. The highest BCUT2D eigenvalue weighted by Gasteiger charge is 2.57. The summed E-state index contributed by atoms with van der Waals surface area (Å²) in [7, 11) is -9.74. The van der Waals surface area contributed by atoms with E-state index in [1.165, 1.54) is 73.1 Å². The van der Waals surface area contributed by atoms with Gasteiger partial charge in [0.05, 0.1) is 83.5 Å². The van der Waals surface area contributed by atoms with Gasteiger partial charge in [0, 0.05) is 56.0 Å². The summed E-state index contributed by atoms with van der Waals surface area (Å²) < 4.78 is 175. The molecular weight excluding hydrogens is 1990 g/mol. The number of Topliss-reactive ketones (excluding diaryl/α,β-unsaturated/α-hetero) is 3. The number of halogens is 2. The topological polar surface area (TPSA) is 753 Å². The number of nitrogens with one attached hydrogen (secondary N) is 3. The van der Waals surface area contributed by atoms with Gasteiger partial charge in [0.2, 0.25) is 17.8 Å². The summed E-state index contributed by atoms with van der Waals surface area (Å²) in [5, 5.41) is 17.3. The van der Waals surface area contributed by atoms with E-state index in [4.69, 9.17) is 131 Å². The normalized spacial score (nSPS) is 37.7. The van der Waals surface area contributed by atoms with E-state index in [-0.39, 0.29) is 162 Å². The molecule has 21 heterocycles. The van der Waals surface area contributed by atoms with Crippen molar-refractivity contribution in [1.29, 1.82) is 0 Å². The van der Waals surface area contributed by atoms with Crippen LogP contribution in [-0.2, 0) is 127 Å². The summed E-state index contributed by atoms with van der Waals surface area (Å²) in [4.78, 5) is 180. The van der Waals surface area contributed by atoms with E-state index in [0.29, 0.717) is 0 Å². The number of nitrogen functional groups attached to an aromatic ring is 3.